The minimum absolute atomic E-state index is 0.0367. The average Bonchev–Trinajstić information content (AvgIpc) is 3.08. The quantitative estimate of drug-likeness (QED) is 0.498. The minimum atomic E-state index is -0.343. The molecule has 0 spiro atoms. The van der Waals surface area contributed by atoms with Crippen molar-refractivity contribution in [1.29, 1.82) is 0 Å². The fourth-order valence-electron chi connectivity index (χ4n) is 4.74. The second-order valence-corrected chi connectivity index (χ2v) is 10.1. The molecule has 1 aliphatic carbocycles. The van der Waals surface area contributed by atoms with Gasteiger partial charge in [-0.2, -0.15) is 0 Å². The maximum Gasteiger partial charge on any atom is 0.494 e. The topological polar surface area (TPSA) is 18.5 Å². The Labute approximate surface area is 180 Å². The molecule has 5 rings (SSSR count). The van der Waals surface area contributed by atoms with Gasteiger partial charge in [0.1, 0.15) is 0 Å². The lowest BCUT2D eigenvalue weighted by molar-refractivity contribution is 0.00578. The number of benzene rings is 3. The third kappa shape index (κ3) is 2.80. The second-order valence-electron chi connectivity index (χ2n) is 10.1. The van der Waals surface area contributed by atoms with Crippen molar-refractivity contribution in [3.05, 3.63) is 77.9 Å². The summed E-state index contributed by atoms with van der Waals surface area (Å²) >= 11 is 0. The summed E-state index contributed by atoms with van der Waals surface area (Å²) in [5.74, 6) is 0. The number of hydrogen-bond donors (Lipinski definition) is 0. The van der Waals surface area contributed by atoms with Crippen LogP contribution < -0.4 is 5.46 Å². The molecule has 0 unspecified atom stereocenters. The van der Waals surface area contributed by atoms with Gasteiger partial charge in [-0.3, -0.25) is 0 Å². The zero-order chi connectivity index (χ0) is 21.3. The predicted octanol–water partition coefficient (Wildman–Crippen LogP) is 5.96. The normalized spacial score (nSPS) is 20.1. The highest BCUT2D eigenvalue weighted by atomic mass is 16.7. The Kier molecular flexibility index (Phi) is 4.13. The highest BCUT2D eigenvalue weighted by Crippen LogP contribution is 2.49. The first-order valence-electron chi connectivity index (χ1n) is 10.8. The highest BCUT2D eigenvalue weighted by molar-refractivity contribution is 6.62. The third-order valence-electron chi connectivity index (χ3n) is 7.33. The zero-order valence-electron chi connectivity index (χ0n) is 18.7. The van der Waals surface area contributed by atoms with Gasteiger partial charge in [-0.15, -0.1) is 0 Å². The molecule has 3 aromatic rings. The van der Waals surface area contributed by atoms with Crippen LogP contribution in [0.3, 0.4) is 0 Å². The van der Waals surface area contributed by atoms with E-state index in [4.69, 9.17) is 9.31 Å². The first-order valence-corrected chi connectivity index (χ1v) is 10.8. The largest absolute Gasteiger partial charge is 0.494 e. The van der Waals surface area contributed by atoms with E-state index >= 15 is 0 Å². The van der Waals surface area contributed by atoms with Gasteiger partial charge in [0.25, 0.3) is 0 Å². The number of fused-ring (bicyclic) bond motifs is 3. The van der Waals surface area contributed by atoms with E-state index in [9.17, 15) is 0 Å². The molecule has 1 heterocycles. The molecule has 0 saturated carbocycles. The summed E-state index contributed by atoms with van der Waals surface area (Å²) in [5.41, 5.74) is 8.33. The van der Waals surface area contributed by atoms with Gasteiger partial charge in [-0.05, 0) is 72.6 Å². The Balaban J connectivity index is 1.55. The molecule has 3 heteroatoms. The Morgan fingerprint density at radius 1 is 0.600 bits per heavy atom. The van der Waals surface area contributed by atoms with Gasteiger partial charge in [0, 0.05) is 5.41 Å². The molecule has 2 nitrogen and oxygen atoms in total. The molecule has 0 aromatic heterocycles. The molecule has 0 bridgehead atoms. The predicted molar refractivity (Wildman–Crippen MR) is 125 cm³/mol. The lowest BCUT2D eigenvalue weighted by Crippen LogP contribution is -2.41. The second kappa shape index (κ2) is 6.32. The highest BCUT2D eigenvalue weighted by Gasteiger charge is 2.51. The molecule has 1 fully saturated rings. The molecule has 0 N–H and O–H groups in total. The Morgan fingerprint density at radius 3 is 1.97 bits per heavy atom. The van der Waals surface area contributed by atoms with Crippen LogP contribution in [0.4, 0.5) is 0 Å². The van der Waals surface area contributed by atoms with E-state index in [0.29, 0.717) is 0 Å². The van der Waals surface area contributed by atoms with Crippen LogP contribution in [0.2, 0.25) is 0 Å². The summed E-state index contributed by atoms with van der Waals surface area (Å²) in [6.45, 7) is 13.0. The third-order valence-corrected chi connectivity index (χ3v) is 7.33. The van der Waals surface area contributed by atoms with Crippen LogP contribution in [0.25, 0.3) is 22.3 Å². The first kappa shape index (κ1) is 19.6. The van der Waals surface area contributed by atoms with E-state index in [1.54, 1.807) is 0 Å². The maximum absolute atomic E-state index is 6.27. The number of hydrogen-bond acceptors (Lipinski definition) is 2. The van der Waals surface area contributed by atoms with Gasteiger partial charge in [0.2, 0.25) is 0 Å². The van der Waals surface area contributed by atoms with Crippen LogP contribution in [0.5, 0.6) is 0 Å². The van der Waals surface area contributed by atoms with Crippen LogP contribution >= 0.6 is 0 Å². The summed E-state index contributed by atoms with van der Waals surface area (Å²) in [5, 5.41) is 0. The molecule has 0 radical (unpaired) electrons. The lowest BCUT2D eigenvalue weighted by atomic mass is 9.77. The Bertz CT molecular complexity index is 1130. The molecule has 30 heavy (non-hydrogen) atoms. The van der Waals surface area contributed by atoms with Crippen molar-refractivity contribution in [3.8, 4) is 22.3 Å². The average molecular weight is 396 g/mol. The summed E-state index contributed by atoms with van der Waals surface area (Å²) < 4.78 is 12.5. The molecule has 0 atom stereocenters. The molecule has 152 valence electrons. The van der Waals surface area contributed by atoms with Gasteiger partial charge >= 0.3 is 7.12 Å². The van der Waals surface area contributed by atoms with Crippen LogP contribution in [0.1, 0.15) is 52.7 Å². The SMILES string of the molecule is CC1(C)c2ccccc2-c2cc(-c3cccc(B4OC(C)(C)C(C)(C)O4)c3)ccc21. The van der Waals surface area contributed by atoms with Crippen molar-refractivity contribution in [2.24, 2.45) is 0 Å². The fourth-order valence-corrected chi connectivity index (χ4v) is 4.74. The summed E-state index contributed by atoms with van der Waals surface area (Å²) in [4.78, 5) is 0. The van der Waals surface area contributed by atoms with Gasteiger partial charge in [0.15, 0.2) is 0 Å². The van der Waals surface area contributed by atoms with Crippen molar-refractivity contribution in [2.45, 2.75) is 58.2 Å². The summed E-state index contributed by atoms with van der Waals surface area (Å²) in [7, 11) is -0.343. The molecule has 3 aromatic carbocycles. The van der Waals surface area contributed by atoms with Gasteiger partial charge in [-0.25, -0.2) is 0 Å². The standard InChI is InChI=1S/C27H29BO2/c1-25(2)23-13-8-7-12-21(23)22-17-19(14-15-24(22)25)18-10-9-11-20(16-18)28-29-26(3,4)27(5,6)30-28/h7-17H,1-6H3. The molecular weight excluding hydrogens is 367 g/mol. The van der Waals surface area contributed by atoms with Crippen molar-refractivity contribution in [2.75, 3.05) is 0 Å². The van der Waals surface area contributed by atoms with Gasteiger partial charge < -0.3 is 9.31 Å². The Morgan fingerprint density at radius 2 is 1.23 bits per heavy atom. The van der Waals surface area contributed by atoms with E-state index in [0.717, 1.165) is 5.46 Å². The van der Waals surface area contributed by atoms with Crippen LogP contribution in [-0.2, 0) is 14.7 Å². The zero-order valence-corrected chi connectivity index (χ0v) is 18.7. The molecule has 2 aliphatic rings. The van der Waals surface area contributed by atoms with Gasteiger partial charge in [0.05, 0.1) is 11.2 Å². The van der Waals surface area contributed by atoms with E-state index < -0.39 is 0 Å². The van der Waals surface area contributed by atoms with E-state index in [-0.39, 0.29) is 23.7 Å². The van der Waals surface area contributed by atoms with Gasteiger partial charge in [-0.1, -0.05) is 74.5 Å². The van der Waals surface area contributed by atoms with Crippen molar-refractivity contribution in [1.82, 2.24) is 0 Å². The first-order chi connectivity index (χ1) is 14.1. The minimum Gasteiger partial charge on any atom is -0.399 e. The monoisotopic (exact) mass is 396 g/mol. The lowest BCUT2D eigenvalue weighted by Gasteiger charge is -2.32. The smallest absolute Gasteiger partial charge is 0.399 e. The molecule has 1 aliphatic heterocycles. The fraction of sp³-hybridized carbons (Fsp3) is 0.333. The van der Waals surface area contributed by atoms with E-state index in [1.165, 1.54) is 33.4 Å². The van der Waals surface area contributed by atoms with Crippen molar-refractivity contribution in [3.63, 3.8) is 0 Å². The summed E-state index contributed by atoms with van der Waals surface area (Å²) in [6, 6.07) is 24.2. The molecule has 0 amide bonds. The summed E-state index contributed by atoms with van der Waals surface area (Å²) in [6.07, 6.45) is 0. The maximum atomic E-state index is 6.27. The molecule has 1 saturated heterocycles. The van der Waals surface area contributed by atoms with Crippen LogP contribution in [0.15, 0.2) is 66.7 Å². The van der Waals surface area contributed by atoms with Crippen LogP contribution in [-0.4, -0.2) is 18.3 Å². The molecular formula is C27H29BO2. The number of rotatable bonds is 2. The Hall–Kier alpha value is -2.36. The van der Waals surface area contributed by atoms with E-state index in [2.05, 4.69) is 108 Å². The van der Waals surface area contributed by atoms with Crippen molar-refractivity contribution >= 4 is 12.6 Å². The van der Waals surface area contributed by atoms with E-state index in [1.807, 2.05) is 0 Å². The van der Waals surface area contributed by atoms with Crippen LogP contribution in [0, 0.1) is 0 Å². The van der Waals surface area contributed by atoms with Crippen molar-refractivity contribution < 1.29 is 9.31 Å².